The van der Waals surface area contributed by atoms with Gasteiger partial charge < -0.3 is 10.4 Å². The van der Waals surface area contributed by atoms with Crippen molar-refractivity contribution in [2.75, 3.05) is 0 Å². The summed E-state index contributed by atoms with van der Waals surface area (Å²) in [4.78, 5) is 22.0. The van der Waals surface area contributed by atoms with Crippen LogP contribution < -0.4 is 5.32 Å². The van der Waals surface area contributed by atoms with Gasteiger partial charge in [-0.05, 0) is 5.41 Å². The Labute approximate surface area is 84.0 Å². The topological polar surface area (TPSA) is 66.4 Å². The molecule has 0 aliphatic carbocycles. The number of hydrogen-bond acceptors (Lipinski definition) is 2. The van der Waals surface area contributed by atoms with Crippen LogP contribution in [0.5, 0.6) is 0 Å². The van der Waals surface area contributed by atoms with Gasteiger partial charge in [0.1, 0.15) is 6.04 Å². The van der Waals surface area contributed by atoms with Crippen LogP contribution in [0.4, 0.5) is 0 Å². The van der Waals surface area contributed by atoms with E-state index in [-0.39, 0.29) is 12.3 Å². The van der Waals surface area contributed by atoms with Gasteiger partial charge in [-0.2, -0.15) is 0 Å². The van der Waals surface area contributed by atoms with Crippen LogP contribution in [0.15, 0.2) is 12.7 Å². The van der Waals surface area contributed by atoms with E-state index in [4.69, 9.17) is 5.11 Å². The van der Waals surface area contributed by atoms with Gasteiger partial charge >= 0.3 is 5.97 Å². The Morgan fingerprint density at radius 1 is 1.50 bits per heavy atom. The number of carbonyl (C=O) groups is 2. The standard InChI is InChI=1S/C10H17NO3/c1-5-6-7(12)11-8(9(13)14)10(2,3)4/h5,8H,1,6H2,2-4H3,(H,11,12)(H,13,14)/t8-/m1/s1. The van der Waals surface area contributed by atoms with E-state index in [2.05, 4.69) is 11.9 Å². The molecular weight excluding hydrogens is 182 g/mol. The predicted octanol–water partition coefficient (Wildman–Crippen LogP) is 1.18. The van der Waals surface area contributed by atoms with Crippen molar-refractivity contribution in [1.29, 1.82) is 0 Å². The highest BCUT2D eigenvalue weighted by Crippen LogP contribution is 2.19. The first-order chi connectivity index (χ1) is 6.29. The molecule has 0 saturated heterocycles. The Morgan fingerprint density at radius 2 is 2.00 bits per heavy atom. The lowest BCUT2D eigenvalue weighted by molar-refractivity contribution is -0.144. The van der Waals surface area contributed by atoms with Crippen LogP contribution in [0.1, 0.15) is 27.2 Å². The van der Waals surface area contributed by atoms with Gasteiger partial charge in [0, 0.05) is 6.42 Å². The van der Waals surface area contributed by atoms with E-state index in [1.54, 1.807) is 20.8 Å². The number of amides is 1. The van der Waals surface area contributed by atoms with Crippen LogP contribution in [0, 0.1) is 5.41 Å². The minimum Gasteiger partial charge on any atom is -0.480 e. The molecule has 0 unspecified atom stereocenters. The molecule has 1 amide bonds. The summed E-state index contributed by atoms with van der Waals surface area (Å²) >= 11 is 0. The average Bonchev–Trinajstić information content (AvgIpc) is 1.98. The molecule has 0 fully saturated rings. The summed E-state index contributed by atoms with van der Waals surface area (Å²) in [5, 5.41) is 11.3. The first-order valence-electron chi connectivity index (χ1n) is 4.42. The molecule has 0 rings (SSSR count). The normalized spacial score (nSPS) is 13.1. The average molecular weight is 199 g/mol. The summed E-state index contributed by atoms with van der Waals surface area (Å²) in [6, 6.07) is -0.866. The summed E-state index contributed by atoms with van der Waals surface area (Å²) in [6.07, 6.45) is 1.58. The zero-order chi connectivity index (χ0) is 11.4. The highest BCUT2D eigenvalue weighted by atomic mass is 16.4. The molecule has 2 N–H and O–H groups in total. The van der Waals surface area contributed by atoms with Crippen molar-refractivity contribution >= 4 is 11.9 Å². The molecule has 0 heterocycles. The van der Waals surface area contributed by atoms with Crippen molar-refractivity contribution in [1.82, 2.24) is 5.32 Å². The van der Waals surface area contributed by atoms with E-state index in [0.29, 0.717) is 0 Å². The maximum atomic E-state index is 11.2. The lowest BCUT2D eigenvalue weighted by Crippen LogP contribution is -2.48. The van der Waals surface area contributed by atoms with Gasteiger partial charge in [0.15, 0.2) is 0 Å². The lowest BCUT2D eigenvalue weighted by Gasteiger charge is -2.27. The van der Waals surface area contributed by atoms with Crippen molar-refractivity contribution in [2.24, 2.45) is 5.41 Å². The Hall–Kier alpha value is -1.32. The van der Waals surface area contributed by atoms with Gasteiger partial charge in [-0.1, -0.05) is 26.8 Å². The van der Waals surface area contributed by atoms with Gasteiger partial charge in [0.25, 0.3) is 0 Å². The molecule has 4 heteroatoms. The van der Waals surface area contributed by atoms with Crippen LogP contribution >= 0.6 is 0 Å². The third kappa shape index (κ3) is 4.07. The van der Waals surface area contributed by atoms with Gasteiger partial charge in [0.2, 0.25) is 5.91 Å². The van der Waals surface area contributed by atoms with Crippen LogP contribution in [-0.2, 0) is 9.59 Å². The fourth-order valence-electron chi connectivity index (χ4n) is 1.000. The zero-order valence-electron chi connectivity index (χ0n) is 8.83. The van der Waals surface area contributed by atoms with Crippen LogP contribution in [-0.4, -0.2) is 23.0 Å². The van der Waals surface area contributed by atoms with E-state index in [1.807, 2.05) is 0 Å². The molecule has 0 radical (unpaired) electrons. The summed E-state index contributed by atoms with van der Waals surface area (Å²) < 4.78 is 0. The Kier molecular flexibility index (Phi) is 4.34. The van der Waals surface area contributed by atoms with E-state index in [0.717, 1.165) is 0 Å². The third-order valence-corrected chi connectivity index (χ3v) is 1.75. The molecule has 0 bridgehead atoms. The molecule has 0 aromatic heterocycles. The minimum absolute atomic E-state index is 0.139. The van der Waals surface area contributed by atoms with Crippen molar-refractivity contribution in [3.05, 3.63) is 12.7 Å². The second-order valence-electron chi connectivity index (χ2n) is 4.20. The maximum absolute atomic E-state index is 11.2. The van der Waals surface area contributed by atoms with Crippen molar-refractivity contribution in [2.45, 2.75) is 33.2 Å². The molecular formula is C10H17NO3. The van der Waals surface area contributed by atoms with E-state index in [1.165, 1.54) is 6.08 Å². The Morgan fingerprint density at radius 3 is 2.29 bits per heavy atom. The SMILES string of the molecule is C=CCC(=O)N[C@H](C(=O)O)C(C)(C)C. The van der Waals surface area contributed by atoms with Gasteiger partial charge in [-0.3, -0.25) is 4.79 Å². The molecule has 0 saturated carbocycles. The van der Waals surface area contributed by atoms with E-state index >= 15 is 0 Å². The van der Waals surface area contributed by atoms with Crippen LogP contribution in [0.3, 0.4) is 0 Å². The molecule has 80 valence electrons. The Bertz CT molecular complexity index is 240. The number of hydrogen-bond donors (Lipinski definition) is 2. The summed E-state index contributed by atoms with van der Waals surface area (Å²) in [5.74, 6) is -1.34. The largest absolute Gasteiger partial charge is 0.480 e. The van der Waals surface area contributed by atoms with Crippen LogP contribution in [0.25, 0.3) is 0 Å². The molecule has 1 atom stereocenters. The third-order valence-electron chi connectivity index (χ3n) is 1.75. The first-order valence-corrected chi connectivity index (χ1v) is 4.42. The molecule has 0 spiro atoms. The van der Waals surface area contributed by atoms with Crippen LogP contribution in [0.2, 0.25) is 0 Å². The minimum atomic E-state index is -1.02. The Balaban J connectivity index is 4.47. The number of nitrogens with one attached hydrogen (secondary N) is 1. The maximum Gasteiger partial charge on any atom is 0.326 e. The fourth-order valence-corrected chi connectivity index (χ4v) is 1.000. The molecule has 0 aromatic rings. The number of carbonyl (C=O) groups excluding carboxylic acids is 1. The van der Waals surface area contributed by atoms with Crippen molar-refractivity contribution < 1.29 is 14.7 Å². The number of aliphatic carboxylic acids is 1. The lowest BCUT2D eigenvalue weighted by atomic mass is 9.86. The molecule has 0 aliphatic heterocycles. The van der Waals surface area contributed by atoms with Crippen molar-refractivity contribution in [3.63, 3.8) is 0 Å². The molecule has 4 nitrogen and oxygen atoms in total. The highest BCUT2D eigenvalue weighted by Gasteiger charge is 2.32. The van der Waals surface area contributed by atoms with Gasteiger partial charge in [-0.25, -0.2) is 4.79 Å². The monoisotopic (exact) mass is 199 g/mol. The molecule has 14 heavy (non-hydrogen) atoms. The zero-order valence-corrected chi connectivity index (χ0v) is 8.83. The molecule has 0 aromatic carbocycles. The highest BCUT2D eigenvalue weighted by molar-refractivity contribution is 5.84. The first kappa shape index (κ1) is 12.7. The van der Waals surface area contributed by atoms with Crippen molar-refractivity contribution in [3.8, 4) is 0 Å². The summed E-state index contributed by atoms with van der Waals surface area (Å²) in [5.41, 5.74) is -0.497. The second kappa shape index (κ2) is 4.79. The van der Waals surface area contributed by atoms with E-state index < -0.39 is 17.4 Å². The second-order valence-corrected chi connectivity index (χ2v) is 4.20. The molecule has 0 aliphatic rings. The fraction of sp³-hybridized carbons (Fsp3) is 0.600. The summed E-state index contributed by atoms with van der Waals surface area (Å²) in [7, 11) is 0. The summed E-state index contributed by atoms with van der Waals surface area (Å²) in [6.45, 7) is 8.70. The van der Waals surface area contributed by atoms with Gasteiger partial charge in [0.05, 0.1) is 0 Å². The van der Waals surface area contributed by atoms with E-state index in [9.17, 15) is 9.59 Å². The quantitative estimate of drug-likeness (QED) is 0.668. The smallest absolute Gasteiger partial charge is 0.326 e. The number of rotatable bonds is 4. The number of carboxylic acid groups (broad SMARTS) is 1. The predicted molar refractivity (Wildman–Crippen MR) is 53.8 cm³/mol. The van der Waals surface area contributed by atoms with Gasteiger partial charge in [-0.15, -0.1) is 6.58 Å². The number of carboxylic acids is 1.